The van der Waals surface area contributed by atoms with Crippen molar-refractivity contribution in [3.05, 3.63) is 41.2 Å². The highest BCUT2D eigenvalue weighted by atomic mass is 32.1. The molecule has 0 spiro atoms. The number of H-pyrrole nitrogens is 1. The van der Waals surface area contributed by atoms with Crippen LogP contribution >= 0.6 is 12.2 Å². The highest BCUT2D eigenvalue weighted by Gasteiger charge is 2.21. The quantitative estimate of drug-likeness (QED) is 0.620. The second-order valence-corrected chi connectivity index (χ2v) is 5.58. The standard InChI is InChI=1S/C16H13N3O4S/c20-9-4-5-10(12(21)8-9)15-17-18-16(24)19(15)11-2-1-3-13-14(11)23-7-6-22-13/h1-5,8,20-21H,6-7H2,(H,18,24). The summed E-state index contributed by atoms with van der Waals surface area (Å²) in [6, 6.07) is 9.77. The Labute approximate surface area is 141 Å². The molecule has 7 nitrogen and oxygen atoms in total. The number of aromatic nitrogens is 3. The summed E-state index contributed by atoms with van der Waals surface area (Å²) in [5, 5.41) is 26.6. The Hall–Kier alpha value is -3.00. The molecule has 3 N–H and O–H groups in total. The summed E-state index contributed by atoms with van der Waals surface area (Å²) >= 11 is 5.35. The first-order chi connectivity index (χ1) is 11.6. The Balaban J connectivity index is 1.95. The fraction of sp³-hybridized carbons (Fsp3) is 0.125. The summed E-state index contributed by atoms with van der Waals surface area (Å²) in [5.41, 5.74) is 1.09. The van der Waals surface area contributed by atoms with Crippen molar-refractivity contribution >= 4 is 12.2 Å². The molecule has 0 atom stereocenters. The zero-order chi connectivity index (χ0) is 16.7. The van der Waals surface area contributed by atoms with Gasteiger partial charge in [0.25, 0.3) is 0 Å². The molecule has 0 aliphatic carbocycles. The number of benzene rings is 2. The Kier molecular flexibility index (Phi) is 3.39. The highest BCUT2D eigenvalue weighted by molar-refractivity contribution is 7.71. The maximum Gasteiger partial charge on any atom is 0.200 e. The van der Waals surface area contributed by atoms with Crippen LogP contribution in [-0.2, 0) is 0 Å². The summed E-state index contributed by atoms with van der Waals surface area (Å²) in [6.45, 7) is 0.924. The normalized spacial score (nSPS) is 13.0. The third kappa shape index (κ3) is 2.28. The molecule has 1 aliphatic rings. The van der Waals surface area contributed by atoms with Crippen LogP contribution in [0.5, 0.6) is 23.0 Å². The second-order valence-electron chi connectivity index (χ2n) is 5.19. The van der Waals surface area contributed by atoms with Crippen molar-refractivity contribution in [2.45, 2.75) is 0 Å². The van der Waals surface area contributed by atoms with Crippen LogP contribution in [0.25, 0.3) is 17.1 Å². The number of phenols is 2. The number of aromatic hydroxyl groups is 2. The van der Waals surface area contributed by atoms with Crippen molar-refractivity contribution in [3.8, 4) is 40.1 Å². The molecule has 2 aromatic carbocycles. The summed E-state index contributed by atoms with van der Waals surface area (Å²) in [6.07, 6.45) is 0. The predicted molar refractivity (Wildman–Crippen MR) is 88.5 cm³/mol. The van der Waals surface area contributed by atoms with Gasteiger partial charge in [-0.15, -0.1) is 0 Å². The van der Waals surface area contributed by atoms with Crippen LogP contribution in [0.2, 0.25) is 0 Å². The van der Waals surface area contributed by atoms with Crippen LogP contribution in [-0.4, -0.2) is 38.2 Å². The van der Waals surface area contributed by atoms with Crippen LogP contribution in [0.1, 0.15) is 0 Å². The molecule has 0 unspecified atom stereocenters. The van der Waals surface area contributed by atoms with Gasteiger partial charge < -0.3 is 19.7 Å². The van der Waals surface area contributed by atoms with Crippen LogP contribution < -0.4 is 9.47 Å². The number of ether oxygens (including phenoxy) is 2. The van der Waals surface area contributed by atoms with Crippen LogP contribution in [0.3, 0.4) is 0 Å². The number of phenolic OH excluding ortho intramolecular Hbond substituents is 2. The van der Waals surface area contributed by atoms with Gasteiger partial charge in [-0.1, -0.05) is 6.07 Å². The zero-order valence-corrected chi connectivity index (χ0v) is 13.2. The molecule has 1 aliphatic heterocycles. The van der Waals surface area contributed by atoms with E-state index in [-0.39, 0.29) is 11.5 Å². The minimum atomic E-state index is -0.104. The van der Waals surface area contributed by atoms with E-state index in [0.717, 1.165) is 0 Å². The number of nitrogens with one attached hydrogen (secondary N) is 1. The molecule has 0 saturated heterocycles. The monoisotopic (exact) mass is 343 g/mol. The van der Waals surface area contributed by atoms with Crippen molar-refractivity contribution in [1.82, 2.24) is 14.8 Å². The Morgan fingerprint density at radius 3 is 2.79 bits per heavy atom. The average Bonchev–Trinajstić information content (AvgIpc) is 2.95. The van der Waals surface area contributed by atoms with Gasteiger partial charge in [-0.2, -0.15) is 5.10 Å². The number of fused-ring (bicyclic) bond motifs is 1. The lowest BCUT2D eigenvalue weighted by Gasteiger charge is -2.21. The van der Waals surface area contributed by atoms with Crippen molar-refractivity contribution in [2.24, 2.45) is 0 Å². The van der Waals surface area contributed by atoms with Gasteiger partial charge in [0, 0.05) is 6.07 Å². The minimum Gasteiger partial charge on any atom is -0.508 e. The molecule has 8 heteroatoms. The Bertz CT molecular complexity index is 980. The van der Waals surface area contributed by atoms with Crippen molar-refractivity contribution in [1.29, 1.82) is 0 Å². The molecule has 24 heavy (non-hydrogen) atoms. The Morgan fingerprint density at radius 2 is 1.96 bits per heavy atom. The molecule has 4 rings (SSSR count). The molecule has 0 fully saturated rings. The van der Waals surface area contributed by atoms with E-state index in [1.54, 1.807) is 10.6 Å². The first-order valence-electron chi connectivity index (χ1n) is 7.24. The van der Waals surface area contributed by atoms with Crippen molar-refractivity contribution in [2.75, 3.05) is 13.2 Å². The van der Waals surface area contributed by atoms with Gasteiger partial charge in [0.15, 0.2) is 22.1 Å². The van der Waals surface area contributed by atoms with Crippen LogP contribution in [0.4, 0.5) is 0 Å². The molecule has 2 heterocycles. The predicted octanol–water partition coefficient (Wildman–Crippen LogP) is 2.78. The third-order valence-corrected chi connectivity index (χ3v) is 3.95. The minimum absolute atomic E-state index is 0.0363. The van der Waals surface area contributed by atoms with E-state index in [1.165, 1.54) is 12.1 Å². The maximum absolute atomic E-state index is 10.1. The lowest BCUT2D eigenvalue weighted by atomic mass is 10.1. The fourth-order valence-electron chi connectivity index (χ4n) is 2.64. The number of rotatable bonds is 2. The lowest BCUT2D eigenvalue weighted by Crippen LogP contribution is -2.17. The van der Waals surface area contributed by atoms with Gasteiger partial charge in [-0.3, -0.25) is 9.67 Å². The van der Waals surface area contributed by atoms with Crippen LogP contribution in [0, 0.1) is 4.77 Å². The maximum atomic E-state index is 10.1. The van der Waals surface area contributed by atoms with Gasteiger partial charge in [0.1, 0.15) is 24.7 Å². The van der Waals surface area contributed by atoms with E-state index in [0.29, 0.717) is 46.6 Å². The van der Waals surface area contributed by atoms with Gasteiger partial charge in [0.2, 0.25) is 0 Å². The zero-order valence-electron chi connectivity index (χ0n) is 12.4. The molecule has 122 valence electrons. The van der Waals surface area contributed by atoms with Crippen molar-refractivity contribution in [3.63, 3.8) is 0 Å². The summed E-state index contributed by atoms with van der Waals surface area (Å²) in [5.74, 6) is 1.46. The molecule has 0 saturated carbocycles. The molecule has 0 amide bonds. The number of para-hydroxylation sites is 1. The smallest absolute Gasteiger partial charge is 0.200 e. The van der Waals surface area contributed by atoms with E-state index in [4.69, 9.17) is 21.7 Å². The third-order valence-electron chi connectivity index (χ3n) is 3.68. The molecule has 0 bridgehead atoms. The van der Waals surface area contributed by atoms with E-state index >= 15 is 0 Å². The van der Waals surface area contributed by atoms with Gasteiger partial charge in [-0.05, 0) is 36.5 Å². The molecular formula is C16H13N3O4S. The first kappa shape index (κ1) is 14.6. The summed E-state index contributed by atoms with van der Waals surface area (Å²) < 4.78 is 13.3. The summed E-state index contributed by atoms with van der Waals surface area (Å²) in [4.78, 5) is 0. The topological polar surface area (TPSA) is 92.5 Å². The number of nitrogens with zero attached hydrogens (tertiary/aromatic N) is 2. The van der Waals surface area contributed by atoms with Crippen LogP contribution in [0.15, 0.2) is 36.4 Å². The number of hydrogen-bond donors (Lipinski definition) is 3. The molecular weight excluding hydrogens is 330 g/mol. The first-order valence-corrected chi connectivity index (χ1v) is 7.65. The van der Waals surface area contributed by atoms with Gasteiger partial charge in [-0.25, -0.2) is 0 Å². The Morgan fingerprint density at radius 1 is 1.12 bits per heavy atom. The van der Waals surface area contributed by atoms with Gasteiger partial charge >= 0.3 is 0 Å². The highest BCUT2D eigenvalue weighted by Crippen LogP contribution is 2.39. The molecule has 1 aromatic heterocycles. The van der Waals surface area contributed by atoms with E-state index < -0.39 is 0 Å². The average molecular weight is 343 g/mol. The van der Waals surface area contributed by atoms with Crippen molar-refractivity contribution < 1.29 is 19.7 Å². The largest absolute Gasteiger partial charge is 0.508 e. The van der Waals surface area contributed by atoms with Gasteiger partial charge in [0.05, 0.1) is 11.3 Å². The molecule has 3 aromatic rings. The second kappa shape index (κ2) is 5.57. The lowest BCUT2D eigenvalue weighted by molar-refractivity contribution is 0.171. The fourth-order valence-corrected chi connectivity index (χ4v) is 2.88. The van der Waals surface area contributed by atoms with E-state index in [2.05, 4.69) is 10.2 Å². The number of hydrogen-bond acceptors (Lipinski definition) is 6. The van der Waals surface area contributed by atoms with E-state index in [1.807, 2.05) is 18.2 Å². The summed E-state index contributed by atoms with van der Waals surface area (Å²) in [7, 11) is 0. The SMILES string of the molecule is Oc1ccc(-c2n[nH]c(=S)n2-c2cccc3c2OCCO3)c(O)c1. The van der Waals surface area contributed by atoms with E-state index in [9.17, 15) is 10.2 Å². The number of aromatic amines is 1. The molecule has 0 radical (unpaired) electrons.